The van der Waals surface area contributed by atoms with Gasteiger partial charge in [0.1, 0.15) is 12.4 Å². The Kier molecular flexibility index (Phi) is 4.95. The van der Waals surface area contributed by atoms with Crippen LogP contribution >= 0.6 is 23.1 Å². The van der Waals surface area contributed by atoms with Crippen molar-refractivity contribution < 1.29 is 4.74 Å². The van der Waals surface area contributed by atoms with Crippen molar-refractivity contribution in [2.75, 3.05) is 0 Å². The van der Waals surface area contributed by atoms with Gasteiger partial charge in [-0.1, -0.05) is 30.0 Å². The van der Waals surface area contributed by atoms with Gasteiger partial charge in [0, 0.05) is 30.4 Å². The highest BCUT2D eigenvalue weighted by molar-refractivity contribution is 7.98. The van der Waals surface area contributed by atoms with E-state index in [0.29, 0.717) is 17.3 Å². The monoisotopic (exact) mass is 399 g/mol. The van der Waals surface area contributed by atoms with E-state index in [4.69, 9.17) is 4.74 Å². The quantitative estimate of drug-likeness (QED) is 0.464. The van der Waals surface area contributed by atoms with Gasteiger partial charge in [-0.05, 0) is 18.6 Å². The van der Waals surface area contributed by atoms with Crippen molar-refractivity contribution in [3.63, 3.8) is 0 Å². The highest BCUT2D eigenvalue weighted by atomic mass is 32.2. The number of para-hydroxylation sites is 1. The number of nitrogens with zero attached hydrogens (tertiary/aromatic N) is 5. The smallest absolute Gasteiger partial charge is 0.258 e. The highest BCUT2D eigenvalue weighted by Crippen LogP contribution is 2.22. The van der Waals surface area contributed by atoms with Crippen LogP contribution in [-0.2, 0) is 19.4 Å². The van der Waals surface area contributed by atoms with Crippen molar-refractivity contribution >= 4 is 28.1 Å². The average Bonchev–Trinajstić information content (AvgIpc) is 3.27. The van der Waals surface area contributed by atoms with Gasteiger partial charge in [0.05, 0.1) is 5.69 Å². The maximum atomic E-state index is 12.1. The third-order valence-electron chi connectivity index (χ3n) is 4.08. The molecule has 0 radical (unpaired) electrons. The second-order valence-electron chi connectivity index (χ2n) is 5.94. The number of hydrogen-bond donors (Lipinski definition) is 0. The molecule has 0 saturated carbocycles. The lowest BCUT2D eigenvalue weighted by Crippen LogP contribution is -2.12. The molecule has 0 spiro atoms. The number of fused-ring (bicyclic) bond motifs is 1. The van der Waals surface area contributed by atoms with E-state index in [-0.39, 0.29) is 5.56 Å². The Morgan fingerprint density at radius 3 is 2.96 bits per heavy atom. The summed E-state index contributed by atoms with van der Waals surface area (Å²) >= 11 is 2.94. The predicted octanol–water partition coefficient (Wildman–Crippen LogP) is 3.06. The molecule has 0 saturated heterocycles. The molecule has 0 aliphatic heterocycles. The first-order valence-corrected chi connectivity index (χ1v) is 10.1. The maximum Gasteiger partial charge on any atom is 0.258 e. The Bertz CT molecular complexity index is 1150. The molecule has 0 N–H and O–H groups in total. The summed E-state index contributed by atoms with van der Waals surface area (Å²) in [5.74, 6) is 2.12. The minimum atomic E-state index is -0.0675. The van der Waals surface area contributed by atoms with Crippen LogP contribution in [0.25, 0.3) is 4.96 Å². The van der Waals surface area contributed by atoms with Crippen LogP contribution < -0.4 is 10.3 Å². The zero-order valence-corrected chi connectivity index (χ0v) is 16.5. The van der Waals surface area contributed by atoms with Crippen LogP contribution in [0.1, 0.15) is 17.1 Å². The van der Waals surface area contributed by atoms with Gasteiger partial charge in [-0.3, -0.25) is 9.20 Å². The van der Waals surface area contributed by atoms with Gasteiger partial charge in [0.25, 0.3) is 5.56 Å². The second-order valence-corrected chi connectivity index (χ2v) is 7.76. The molecule has 3 aromatic heterocycles. The third-order valence-corrected chi connectivity index (χ3v) is 5.89. The van der Waals surface area contributed by atoms with Gasteiger partial charge < -0.3 is 9.30 Å². The summed E-state index contributed by atoms with van der Waals surface area (Å²) in [4.78, 5) is 17.3. The maximum absolute atomic E-state index is 12.1. The molecule has 0 atom stereocenters. The first kappa shape index (κ1) is 17.7. The average molecular weight is 400 g/mol. The van der Waals surface area contributed by atoms with Crippen LogP contribution in [0.4, 0.5) is 0 Å². The normalized spacial score (nSPS) is 11.2. The summed E-state index contributed by atoms with van der Waals surface area (Å²) in [7, 11) is 1.91. The topological polar surface area (TPSA) is 74.3 Å². The summed E-state index contributed by atoms with van der Waals surface area (Å²) in [6, 6.07) is 9.43. The number of thiazole rings is 1. The molecule has 7 nitrogen and oxygen atoms in total. The summed E-state index contributed by atoms with van der Waals surface area (Å²) < 4.78 is 9.29. The Morgan fingerprint density at radius 1 is 1.26 bits per heavy atom. The Morgan fingerprint density at radius 2 is 2.11 bits per heavy atom. The number of thioether (sulfide) groups is 1. The standard InChI is InChI=1S/C18H17N5O2S2/c1-12-5-3-4-6-14(12)25-10-15-20-21-18(22(15)2)27-11-13-9-16(24)23-7-8-26-17(23)19-13/h3-9H,10-11H2,1-2H3. The van der Waals surface area contributed by atoms with Gasteiger partial charge in [0.2, 0.25) is 0 Å². The van der Waals surface area contributed by atoms with E-state index in [1.165, 1.54) is 23.1 Å². The van der Waals surface area contributed by atoms with Gasteiger partial charge >= 0.3 is 0 Å². The molecule has 0 aliphatic carbocycles. The molecule has 138 valence electrons. The van der Waals surface area contributed by atoms with Crippen molar-refractivity contribution in [2.45, 2.75) is 24.4 Å². The van der Waals surface area contributed by atoms with Crippen LogP contribution in [0.3, 0.4) is 0 Å². The lowest BCUT2D eigenvalue weighted by atomic mass is 10.2. The first-order valence-electron chi connectivity index (χ1n) is 8.27. The summed E-state index contributed by atoms with van der Waals surface area (Å²) in [6.45, 7) is 2.35. The number of aromatic nitrogens is 5. The van der Waals surface area contributed by atoms with Crippen LogP contribution in [0.15, 0.2) is 51.9 Å². The largest absolute Gasteiger partial charge is 0.485 e. The highest BCUT2D eigenvalue weighted by Gasteiger charge is 2.12. The predicted molar refractivity (Wildman–Crippen MR) is 105 cm³/mol. The van der Waals surface area contributed by atoms with Crippen LogP contribution in [0, 0.1) is 6.92 Å². The molecule has 0 bridgehead atoms. The molecular formula is C18H17N5O2S2. The second kappa shape index (κ2) is 7.53. The Labute approximate surface area is 163 Å². The summed E-state index contributed by atoms with van der Waals surface area (Å²) in [5.41, 5.74) is 1.74. The van der Waals surface area contributed by atoms with E-state index < -0.39 is 0 Å². The minimum Gasteiger partial charge on any atom is -0.485 e. The van der Waals surface area contributed by atoms with Gasteiger partial charge in [0.15, 0.2) is 15.9 Å². The van der Waals surface area contributed by atoms with E-state index >= 15 is 0 Å². The molecule has 4 aromatic rings. The molecule has 9 heteroatoms. The lowest BCUT2D eigenvalue weighted by molar-refractivity contribution is 0.288. The van der Waals surface area contributed by atoms with Crippen molar-refractivity contribution in [1.29, 1.82) is 0 Å². The lowest BCUT2D eigenvalue weighted by Gasteiger charge is -2.08. The SMILES string of the molecule is Cc1ccccc1OCc1nnc(SCc2cc(=O)n3ccsc3n2)n1C. The molecule has 0 fully saturated rings. The fraction of sp³-hybridized carbons (Fsp3) is 0.222. The van der Waals surface area contributed by atoms with E-state index in [1.807, 2.05) is 48.2 Å². The Balaban J connectivity index is 1.44. The third kappa shape index (κ3) is 3.74. The van der Waals surface area contributed by atoms with Crippen molar-refractivity contribution in [2.24, 2.45) is 7.05 Å². The van der Waals surface area contributed by atoms with E-state index in [9.17, 15) is 4.79 Å². The molecule has 0 unspecified atom stereocenters. The fourth-order valence-electron chi connectivity index (χ4n) is 2.56. The van der Waals surface area contributed by atoms with Crippen LogP contribution in [0.5, 0.6) is 5.75 Å². The number of hydrogen-bond acceptors (Lipinski definition) is 7. The number of rotatable bonds is 6. The molecule has 1 aromatic carbocycles. The first-order chi connectivity index (χ1) is 13.1. The number of ether oxygens (including phenoxy) is 1. The van der Waals surface area contributed by atoms with Crippen molar-refractivity contribution in [3.8, 4) is 5.75 Å². The van der Waals surface area contributed by atoms with Gasteiger partial charge in [-0.2, -0.15) is 0 Å². The minimum absolute atomic E-state index is 0.0675. The summed E-state index contributed by atoms with van der Waals surface area (Å²) in [6.07, 6.45) is 1.73. The van der Waals surface area contributed by atoms with Gasteiger partial charge in [-0.15, -0.1) is 21.5 Å². The zero-order valence-electron chi connectivity index (χ0n) is 14.8. The van der Waals surface area contributed by atoms with Crippen molar-refractivity contribution in [1.82, 2.24) is 24.1 Å². The van der Waals surface area contributed by atoms with Crippen LogP contribution in [0.2, 0.25) is 0 Å². The summed E-state index contributed by atoms with van der Waals surface area (Å²) in [5, 5.41) is 11.0. The number of aryl methyl sites for hydroxylation is 1. The van der Waals surface area contributed by atoms with Crippen LogP contribution in [-0.4, -0.2) is 24.1 Å². The zero-order chi connectivity index (χ0) is 18.8. The molecule has 3 heterocycles. The van der Waals surface area contributed by atoms with E-state index in [2.05, 4.69) is 15.2 Å². The molecular weight excluding hydrogens is 382 g/mol. The number of benzene rings is 1. The molecule has 0 amide bonds. The fourth-order valence-corrected chi connectivity index (χ4v) is 4.12. The molecule has 0 aliphatic rings. The van der Waals surface area contributed by atoms with E-state index in [1.54, 1.807) is 16.7 Å². The molecule has 4 rings (SSSR count). The Hall–Kier alpha value is -2.65. The van der Waals surface area contributed by atoms with Gasteiger partial charge in [-0.25, -0.2) is 4.98 Å². The van der Waals surface area contributed by atoms with E-state index in [0.717, 1.165) is 28.0 Å². The van der Waals surface area contributed by atoms with Crippen molar-refractivity contribution in [3.05, 3.63) is 69.3 Å². The molecule has 27 heavy (non-hydrogen) atoms.